The van der Waals surface area contributed by atoms with Crippen molar-refractivity contribution >= 4 is 5.91 Å². The molecule has 1 rings (SSSR count). The predicted molar refractivity (Wildman–Crippen MR) is 60.4 cm³/mol. The van der Waals surface area contributed by atoms with E-state index in [-0.39, 0.29) is 5.91 Å². The van der Waals surface area contributed by atoms with Gasteiger partial charge in [0.05, 0.1) is 13.1 Å². The van der Waals surface area contributed by atoms with Crippen LogP contribution in [0.3, 0.4) is 0 Å². The highest BCUT2D eigenvalue weighted by Crippen LogP contribution is 2.08. The lowest BCUT2D eigenvalue weighted by Crippen LogP contribution is -2.47. The number of piperidine rings is 1. The fourth-order valence-corrected chi connectivity index (χ4v) is 1.84. The number of nitrogens with one attached hydrogen (secondary N) is 2. The van der Waals surface area contributed by atoms with Gasteiger partial charge in [-0.25, -0.2) is 0 Å². The lowest BCUT2D eigenvalue weighted by Gasteiger charge is -2.31. The second-order valence-corrected chi connectivity index (χ2v) is 3.84. The molecule has 0 aliphatic carbocycles. The zero-order valence-corrected chi connectivity index (χ0v) is 9.25. The van der Waals surface area contributed by atoms with E-state index < -0.39 is 0 Å². The quantitative estimate of drug-likeness (QED) is 0.609. The molecule has 1 unspecified atom stereocenters. The monoisotopic (exact) mass is 209 g/mol. The molecule has 4 nitrogen and oxygen atoms in total. The van der Waals surface area contributed by atoms with Crippen molar-refractivity contribution in [2.75, 3.05) is 33.2 Å². The smallest absolute Gasteiger partial charge is 0.234 e. The third-order valence-electron chi connectivity index (χ3n) is 2.67. The first kappa shape index (κ1) is 12.0. The first-order valence-electron chi connectivity index (χ1n) is 5.36. The van der Waals surface area contributed by atoms with Crippen molar-refractivity contribution < 1.29 is 4.79 Å². The van der Waals surface area contributed by atoms with Crippen molar-refractivity contribution in [3.8, 4) is 12.3 Å². The Bertz CT molecular complexity index is 247. The summed E-state index contributed by atoms with van der Waals surface area (Å²) in [7, 11) is 1.96. The summed E-state index contributed by atoms with van der Waals surface area (Å²) in [5.74, 6) is 2.41. The van der Waals surface area contributed by atoms with E-state index >= 15 is 0 Å². The minimum Gasteiger partial charge on any atom is -0.344 e. The summed E-state index contributed by atoms with van der Waals surface area (Å²) in [5, 5.41) is 5.92. The van der Waals surface area contributed by atoms with Gasteiger partial charge in [-0.3, -0.25) is 9.69 Å². The van der Waals surface area contributed by atoms with Crippen molar-refractivity contribution in [2.45, 2.75) is 18.9 Å². The molecular weight excluding hydrogens is 190 g/mol. The van der Waals surface area contributed by atoms with Crippen molar-refractivity contribution in [3.63, 3.8) is 0 Å². The Kier molecular flexibility index (Phi) is 5.16. The van der Waals surface area contributed by atoms with Crippen LogP contribution >= 0.6 is 0 Å². The van der Waals surface area contributed by atoms with Crippen LogP contribution in [0.15, 0.2) is 0 Å². The molecule has 2 N–H and O–H groups in total. The van der Waals surface area contributed by atoms with Crippen LogP contribution in [0, 0.1) is 12.3 Å². The number of terminal acetylenes is 1. The maximum Gasteiger partial charge on any atom is 0.234 e. The van der Waals surface area contributed by atoms with E-state index in [1.54, 1.807) is 0 Å². The third-order valence-corrected chi connectivity index (χ3v) is 2.67. The Morgan fingerprint density at radius 3 is 3.13 bits per heavy atom. The van der Waals surface area contributed by atoms with Gasteiger partial charge in [-0.15, -0.1) is 6.42 Å². The molecule has 0 aromatic carbocycles. The van der Waals surface area contributed by atoms with Crippen LogP contribution in [0.25, 0.3) is 0 Å². The average Bonchev–Trinajstić information content (AvgIpc) is 2.26. The molecule has 1 fully saturated rings. The van der Waals surface area contributed by atoms with E-state index in [1.807, 2.05) is 7.05 Å². The number of hydrogen-bond acceptors (Lipinski definition) is 3. The summed E-state index contributed by atoms with van der Waals surface area (Å²) in [6.45, 7) is 2.73. The first-order valence-corrected chi connectivity index (χ1v) is 5.36. The molecule has 1 atom stereocenters. The van der Waals surface area contributed by atoms with Gasteiger partial charge in [0.15, 0.2) is 0 Å². The summed E-state index contributed by atoms with van der Waals surface area (Å²) in [4.78, 5) is 13.6. The fourth-order valence-electron chi connectivity index (χ4n) is 1.84. The van der Waals surface area contributed by atoms with E-state index in [9.17, 15) is 4.79 Å². The van der Waals surface area contributed by atoms with Crippen molar-refractivity contribution in [3.05, 3.63) is 0 Å². The van der Waals surface area contributed by atoms with Gasteiger partial charge in [-0.2, -0.15) is 0 Å². The van der Waals surface area contributed by atoms with Gasteiger partial charge < -0.3 is 10.6 Å². The largest absolute Gasteiger partial charge is 0.344 e. The van der Waals surface area contributed by atoms with Crippen LogP contribution in [0.1, 0.15) is 12.8 Å². The Morgan fingerprint density at radius 2 is 2.47 bits per heavy atom. The predicted octanol–water partition coefficient (Wildman–Crippen LogP) is -0.580. The van der Waals surface area contributed by atoms with Gasteiger partial charge in [0.1, 0.15) is 0 Å². The molecule has 1 aliphatic heterocycles. The lowest BCUT2D eigenvalue weighted by atomic mass is 10.1. The Labute approximate surface area is 91.4 Å². The van der Waals surface area contributed by atoms with Gasteiger partial charge in [0.2, 0.25) is 5.91 Å². The van der Waals surface area contributed by atoms with Gasteiger partial charge in [0.25, 0.3) is 0 Å². The summed E-state index contributed by atoms with van der Waals surface area (Å²) < 4.78 is 0. The molecule has 15 heavy (non-hydrogen) atoms. The van der Waals surface area contributed by atoms with Gasteiger partial charge in [-0.05, 0) is 26.4 Å². The summed E-state index contributed by atoms with van der Waals surface area (Å²) in [6.07, 6.45) is 7.41. The van der Waals surface area contributed by atoms with Crippen LogP contribution < -0.4 is 10.6 Å². The number of likely N-dealkylation sites (tertiary alicyclic amines) is 1. The highest BCUT2D eigenvalue weighted by atomic mass is 16.2. The maximum atomic E-state index is 11.4. The van der Waals surface area contributed by atoms with Crippen LogP contribution in [-0.4, -0.2) is 50.1 Å². The van der Waals surface area contributed by atoms with Crippen LogP contribution in [0.5, 0.6) is 0 Å². The highest BCUT2D eigenvalue weighted by molar-refractivity contribution is 5.78. The van der Waals surface area contributed by atoms with Crippen molar-refractivity contribution in [1.29, 1.82) is 0 Å². The average molecular weight is 209 g/mol. The zero-order valence-electron chi connectivity index (χ0n) is 9.25. The normalized spacial score (nSPS) is 22.0. The molecule has 0 aromatic rings. The lowest BCUT2D eigenvalue weighted by molar-refractivity contribution is -0.122. The Morgan fingerprint density at radius 1 is 1.67 bits per heavy atom. The molecule has 1 heterocycles. The fraction of sp³-hybridized carbons (Fsp3) is 0.727. The number of hydrogen-bond donors (Lipinski definition) is 2. The second-order valence-electron chi connectivity index (χ2n) is 3.84. The Hall–Kier alpha value is -1.05. The SMILES string of the molecule is C#CCNC(=O)CN1CCCC(NC)C1. The Balaban J connectivity index is 2.25. The molecule has 0 spiro atoms. The molecule has 0 aromatic heterocycles. The van der Waals surface area contributed by atoms with E-state index in [1.165, 1.54) is 6.42 Å². The van der Waals surface area contributed by atoms with E-state index in [4.69, 9.17) is 6.42 Å². The number of carbonyl (C=O) groups excluding carboxylic acids is 1. The van der Waals surface area contributed by atoms with E-state index in [0.29, 0.717) is 19.1 Å². The van der Waals surface area contributed by atoms with Gasteiger partial charge >= 0.3 is 0 Å². The van der Waals surface area contributed by atoms with Crippen LogP contribution in [0.2, 0.25) is 0 Å². The second kappa shape index (κ2) is 6.44. The molecule has 1 aliphatic rings. The van der Waals surface area contributed by atoms with E-state index in [0.717, 1.165) is 19.5 Å². The molecule has 4 heteroatoms. The zero-order chi connectivity index (χ0) is 11.1. The number of likely N-dealkylation sites (N-methyl/N-ethyl adjacent to an activating group) is 1. The number of carbonyl (C=O) groups is 1. The molecule has 0 radical (unpaired) electrons. The molecule has 0 bridgehead atoms. The third kappa shape index (κ3) is 4.32. The molecule has 84 valence electrons. The van der Waals surface area contributed by atoms with E-state index in [2.05, 4.69) is 21.5 Å². The molecule has 0 saturated carbocycles. The first-order chi connectivity index (χ1) is 7.26. The van der Waals surface area contributed by atoms with Gasteiger partial charge in [-0.1, -0.05) is 5.92 Å². The molecular formula is C11H19N3O. The minimum atomic E-state index is 0.0182. The van der Waals surface area contributed by atoms with Crippen LogP contribution in [-0.2, 0) is 4.79 Å². The minimum absolute atomic E-state index is 0.0182. The molecule has 1 saturated heterocycles. The van der Waals surface area contributed by atoms with Crippen molar-refractivity contribution in [2.24, 2.45) is 0 Å². The number of nitrogens with zero attached hydrogens (tertiary/aromatic N) is 1. The molecule has 1 amide bonds. The number of rotatable bonds is 4. The number of amides is 1. The van der Waals surface area contributed by atoms with Gasteiger partial charge in [0, 0.05) is 12.6 Å². The highest BCUT2D eigenvalue weighted by Gasteiger charge is 2.19. The summed E-state index contributed by atoms with van der Waals surface area (Å²) in [6, 6.07) is 0.513. The maximum absolute atomic E-state index is 11.4. The van der Waals surface area contributed by atoms with Crippen molar-refractivity contribution in [1.82, 2.24) is 15.5 Å². The summed E-state index contributed by atoms with van der Waals surface area (Å²) in [5.41, 5.74) is 0. The standard InChI is InChI=1S/C11H19N3O/c1-3-6-13-11(15)9-14-7-4-5-10(8-14)12-2/h1,10,12H,4-9H2,2H3,(H,13,15). The topological polar surface area (TPSA) is 44.4 Å². The van der Waals surface area contributed by atoms with Crippen LogP contribution in [0.4, 0.5) is 0 Å². The summed E-state index contributed by atoms with van der Waals surface area (Å²) >= 11 is 0.